The maximum atomic E-state index is 6.15. The molecule has 4 heterocycles. The van der Waals surface area contributed by atoms with Crippen LogP contribution in [0.4, 0.5) is 17.2 Å². The summed E-state index contributed by atoms with van der Waals surface area (Å²) in [5.41, 5.74) is 10.1. The summed E-state index contributed by atoms with van der Waals surface area (Å²) >= 11 is 0. The summed E-state index contributed by atoms with van der Waals surface area (Å²) in [6.07, 6.45) is 3.19. The first-order valence-electron chi connectivity index (χ1n) is 8.94. The number of anilines is 1. The second kappa shape index (κ2) is 6.75. The Kier molecular flexibility index (Phi) is 3.94. The Morgan fingerprint density at radius 3 is 2.34 bits per heavy atom. The fraction of sp³-hybridized carbons (Fsp3) is 0.0476. The highest BCUT2D eigenvalue weighted by atomic mass is 16.3. The Bertz CT molecular complexity index is 1300. The highest BCUT2D eigenvalue weighted by Crippen LogP contribution is 2.34. The molecule has 8 heteroatoms. The SMILES string of the molecule is Cc1ccc(N=Nc2c(N)nn3c(-c4ccco4)cc(-c4ccco4)nc23)cc1. The molecule has 0 aliphatic carbocycles. The lowest BCUT2D eigenvalue weighted by Gasteiger charge is -2.04. The average Bonchev–Trinajstić information content (AvgIpc) is 3.48. The molecule has 5 rings (SSSR count). The van der Waals surface area contributed by atoms with Gasteiger partial charge in [0.15, 0.2) is 28.7 Å². The molecule has 29 heavy (non-hydrogen) atoms. The molecule has 0 aliphatic heterocycles. The third kappa shape index (κ3) is 3.06. The van der Waals surface area contributed by atoms with E-state index in [9.17, 15) is 0 Å². The van der Waals surface area contributed by atoms with Crippen LogP contribution < -0.4 is 5.73 Å². The molecule has 5 aromatic rings. The number of benzene rings is 1. The van der Waals surface area contributed by atoms with Gasteiger partial charge >= 0.3 is 0 Å². The summed E-state index contributed by atoms with van der Waals surface area (Å²) in [6, 6.07) is 16.8. The quantitative estimate of drug-likeness (QED) is 0.408. The van der Waals surface area contributed by atoms with Crippen LogP contribution in [-0.2, 0) is 0 Å². The minimum atomic E-state index is 0.220. The standard InChI is InChI=1S/C21H16N6O2/c1-13-6-8-14(9-7-13)24-25-19-20(22)26-27-16(18-5-3-11-29-18)12-15(23-21(19)27)17-4-2-10-28-17/h2-12H,1H3,(H2,22,26). The van der Waals surface area contributed by atoms with E-state index in [0.29, 0.717) is 39.9 Å². The lowest BCUT2D eigenvalue weighted by atomic mass is 10.2. The zero-order valence-electron chi connectivity index (χ0n) is 15.5. The van der Waals surface area contributed by atoms with Gasteiger partial charge in [-0.2, -0.15) is 5.11 Å². The monoisotopic (exact) mass is 384 g/mol. The smallest absolute Gasteiger partial charge is 0.186 e. The van der Waals surface area contributed by atoms with E-state index in [1.54, 1.807) is 29.2 Å². The van der Waals surface area contributed by atoms with Gasteiger partial charge in [0.1, 0.15) is 11.4 Å². The van der Waals surface area contributed by atoms with Crippen molar-refractivity contribution in [3.63, 3.8) is 0 Å². The minimum absolute atomic E-state index is 0.220. The molecule has 0 unspecified atom stereocenters. The van der Waals surface area contributed by atoms with Crippen LogP contribution >= 0.6 is 0 Å². The molecule has 1 aromatic carbocycles. The van der Waals surface area contributed by atoms with Crippen molar-refractivity contribution in [2.45, 2.75) is 6.92 Å². The number of furan rings is 2. The predicted molar refractivity (Wildman–Crippen MR) is 108 cm³/mol. The van der Waals surface area contributed by atoms with Gasteiger partial charge in [0.05, 0.1) is 18.2 Å². The summed E-state index contributed by atoms with van der Waals surface area (Å²) in [7, 11) is 0. The fourth-order valence-corrected chi connectivity index (χ4v) is 2.99. The first-order valence-corrected chi connectivity index (χ1v) is 8.94. The maximum absolute atomic E-state index is 6.15. The fourth-order valence-electron chi connectivity index (χ4n) is 2.99. The Morgan fingerprint density at radius 1 is 0.931 bits per heavy atom. The van der Waals surface area contributed by atoms with E-state index in [2.05, 4.69) is 20.3 Å². The molecule has 2 N–H and O–H groups in total. The zero-order valence-corrected chi connectivity index (χ0v) is 15.5. The van der Waals surface area contributed by atoms with Crippen molar-refractivity contribution >= 4 is 22.8 Å². The summed E-state index contributed by atoms with van der Waals surface area (Å²) in [5.74, 6) is 1.45. The topological polar surface area (TPSA) is 107 Å². The van der Waals surface area contributed by atoms with Crippen LogP contribution in [0.1, 0.15) is 5.56 Å². The van der Waals surface area contributed by atoms with E-state index in [1.807, 2.05) is 49.4 Å². The highest BCUT2D eigenvalue weighted by molar-refractivity contribution is 5.80. The molecule has 0 spiro atoms. The van der Waals surface area contributed by atoms with E-state index in [1.165, 1.54) is 0 Å². The van der Waals surface area contributed by atoms with Gasteiger partial charge in [-0.1, -0.05) is 17.7 Å². The molecule has 0 radical (unpaired) electrons. The lowest BCUT2D eigenvalue weighted by molar-refractivity contribution is 0.575. The van der Waals surface area contributed by atoms with Crippen LogP contribution in [0.3, 0.4) is 0 Å². The van der Waals surface area contributed by atoms with E-state index in [0.717, 1.165) is 5.56 Å². The van der Waals surface area contributed by atoms with E-state index in [-0.39, 0.29) is 5.82 Å². The summed E-state index contributed by atoms with van der Waals surface area (Å²) in [5, 5.41) is 13.0. The Morgan fingerprint density at radius 2 is 1.66 bits per heavy atom. The summed E-state index contributed by atoms with van der Waals surface area (Å²) in [6.45, 7) is 2.01. The van der Waals surface area contributed by atoms with Gasteiger partial charge in [0, 0.05) is 0 Å². The molecule has 0 bridgehead atoms. The van der Waals surface area contributed by atoms with E-state index < -0.39 is 0 Å². The Labute approximate surface area is 165 Å². The number of nitrogens with two attached hydrogens (primary N) is 1. The number of hydrogen-bond donors (Lipinski definition) is 1. The first-order chi connectivity index (χ1) is 14.2. The van der Waals surface area contributed by atoms with Crippen molar-refractivity contribution in [2.24, 2.45) is 10.2 Å². The number of aryl methyl sites for hydroxylation is 1. The lowest BCUT2D eigenvalue weighted by Crippen LogP contribution is -1.97. The van der Waals surface area contributed by atoms with Crippen LogP contribution in [0.15, 0.2) is 86.2 Å². The van der Waals surface area contributed by atoms with Crippen LogP contribution in [0, 0.1) is 6.92 Å². The van der Waals surface area contributed by atoms with Gasteiger partial charge in [-0.3, -0.25) is 0 Å². The zero-order chi connectivity index (χ0) is 19.8. The summed E-state index contributed by atoms with van der Waals surface area (Å²) in [4.78, 5) is 4.67. The minimum Gasteiger partial charge on any atom is -0.463 e. The van der Waals surface area contributed by atoms with Crippen LogP contribution in [-0.4, -0.2) is 14.6 Å². The third-order valence-electron chi connectivity index (χ3n) is 4.44. The van der Waals surface area contributed by atoms with Gasteiger partial charge in [-0.05, 0) is 49.4 Å². The van der Waals surface area contributed by atoms with Gasteiger partial charge in [0.25, 0.3) is 0 Å². The molecule has 0 atom stereocenters. The molecule has 4 aromatic heterocycles. The average molecular weight is 384 g/mol. The first kappa shape index (κ1) is 16.9. The van der Waals surface area contributed by atoms with Crippen molar-refractivity contribution < 1.29 is 8.83 Å². The van der Waals surface area contributed by atoms with Crippen molar-refractivity contribution in [2.75, 3.05) is 5.73 Å². The van der Waals surface area contributed by atoms with Crippen LogP contribution in [0.25, 0.3) is 28.6 Å². The van der Waals surface area contributed by atoms with Crippen LogP contribution in [0.2, 0.25) is 0 Å². The number of fused-ring (bicyclic) bond motifs is 1. The van der Waals surface area contributed by atoms with Crippen molar-refractivity contribution in [1.82, 2.24) is 14.6 Å². The van der Waals surface area contributed by atoms with E-state index >= 15 is 0 Å². The number of nitrogens with zero attached hydrogens (tertiary/aromatic N) is 5. The molecule has 0 saturated carbocycles. The second-order valence-electron chi connectivity index (χ2n) is 6.49. The number of aromatic nitrogens is 3. The second-order valence-corrected chi connectivity index (χ2v) is 6.49. The van der Waals surface area contributed by atoms with Crippen molar-refractivity contribution in [3.8, 4) is 22.9 Å². The highest BCUT2D eigenvalue weighted by Gasteiger charge is 2.19. The maximum Gasteiger partial charge on any atom is 0.186 e. The van der Waals surface area contributed by atoms with Crippen molar-refractivity contribution in [1.29, 1.82) is 0 Å². The van der Waals surface area contributed by atoms with E-state index in [4.69, 9.17) is 14.6 Å². The summed E-state index contributed by atoms with van der Waals surface area (Å²) < 4.78 is 12.7. The normalized spacial score (nSPS) is 11.6. The molecule has 0 aliphatic rings. The molecular formula is C21H16N6O2. The Hall–Kier alpha value is -4.20. The number of hydrogen-bond acceptors (Lipinski definition) is 7. The number of azo groups is 1. The molecule has 0 amide bonds. The molecule has 142 valence electrons. The van der Waals surface area contributed by atoms with Crippen molar-refractivity contribution in [3.05, 3.63) is 72.7 Å². The number of rotatable bonds is 4. The van der Waals surface area contributed by atoms with Gasteiger partial charge in [0.2, 0.25) is 0 Å². The molecular weight excluding hydrogens is 368 g/mol. The molecule has 0 fully saturated rings. The molecule has 0 saturated heterocycles. The van der Waals surface area contributed by atoms with Gasteiger partial charge in [-0.25, -0.2) is 9.50 Å². The van der Waals surface area contributed by atoms with Gasteiger partial charge in [-0.15, -0.1) is 10.2 Å². The Balaban J connectivity index is 1.70. The van der Waals surface area contributed by atoms with Crippen LogP contribution in [0.5, 0.6) is 0 Å². The third-order valence-corrected chi connectivity index (χ3v) is 4.44. The predicted octanol–water partition coefficient (Wildman–Crippen LogP) is 5.56. The molecule has 8 nitrogen and oxygen atoms in total. The van der Waals surface area contributed by atoms with Gasteiger partial charge < -0.3 is 14.6 Å². The largest absolute Gasteiger partial charge is 0.463 e. The number of nitrogen functional groups attached to an aromatic ring is 1.